The lowest BCUT2D eigenvalue weighted by atomic mass is 9.79. The van der Waals surface area contributed by atoms with Gasteiger partial charge < -0.3 is 10.2 Å². The van der Waals surface area contributed by atoms with Crippen molar-refractivity contribution in [3.8, 4) is 0 Å². The van der Waals surface area contributed by atoms with Gasteiger partial charge in [0.1, 0.15) is 0 Å². The standard InChI is InChI=1S/C13H25F3N2/c1-17-12(6-4-3-5-7-12)8-10-18(2)11-9-13(14,15)16/h17H,3-11H2,1-2H3. The molecule has 2 nitrogen and oxygen atoms in total. The lowest BCUT2D eigenvalue weighted by molar-refractivity contribution is -0.137. The number of hydrogen-bond donors (Lipinski definition) is 1. The predicted octanol–water partition coefficient (Wildman–Crippen LogP) is 3.18. The van der Waals surface area contributed by atoms with Gasteiger partial charge in [0.15, 0.2) is 0 Å². The molecule has 0 bridgehead atoms. The van der Waals surface area contributed by atoms with Gasteiger partial charge in [-0.2, -0.15) is 13.2 Å². The van der Waals surface area contributed by atoms with Gasteiger partial charge in [-0.25, -0.2) is 0 Å². The third-order valence-electron chi connectivity index (χ3n) is 4.09. The summed E-state index contributed by atoms with van der Waals surface area (Å²) in [6.45, 7) is 0.834. The molecule has 0 aromatic rings. The Balaban J connectivity index is 2.29. The number of halogens is 3. The minimum Gasteiger partial charge on any atom is -0.314 e. The molecule has 0 aromatic heterocycles. The summed E-state index contributed by atoms with van der Waals surface area (Å²) in [5.74, 6) is 0. The van der Waals surface area contributed by atoms with Crippen molar-refractivity contribution in [1.82, 2.24) is 10.2 Å². The van der Waals surface area contributed by atoms with Crippen molar-refractivity contribution in [3.05, 3.63) is 0 Å². The summed E-state index contributed by atoms with van der Waals surface area (Å²) < 4.78 is 36.3. The van der Waals surface area contributed by atoms with Gasteiger partial charge in [0.25, 0.3) is 0 Å². The van der Waals surface area contributed by atoms with Gasteiger partial charge in [-0.05, 0) is 39.9 Å². The van der Waals surface area contributed by atoms with E-state index in [0.717, 1.165) is 25.8 Å². The topological polar surface area (TPSA) is 15.3 Å². The zero-order valence-corrected chi connectivity index (χ0v) is 11.4. The monoisotopic (exact) mass is 266 g/mol. The van der Waals surface area contributed by atoms with Gasteiger partial charge in [-0.15, -0.1) is 0 Å². The van der Waals surface area contributed by atoms with E-state index >= 15 is 0 Å². The van der Waals surface area contributed by atoms with Crippen LogP contribution in [0.2, 0.25) is 0 Å². The van der Waals surface area contributed by atoms with Crippen LogP contribution in [-0.2, 0) is 0 Å². The first kappa shape index (κ1) is 15.8. The summed E-state index contributed by atoms with van der Waals surface area (Å²) in [6, 6.07) is 0. The molecule has 1 N–H and O–H groups in total. The molecular formula is C13H25F3N2. The molecule has 1 aliphatic carbocycles. The second-order valence-corrected chi connectivity index (χ2v) is 5.51. The van der Waals surface area contributed by atoms with Crippen LogP contribution in [0.15, 0.2) is 0 Å². The Bertz CT molecular complexity index is 235. The third kappa shape index (κ3) is 5.57. The maximum atomic E-state index is 12.1. The molecule has 18 heavy (non-hydrogen) atoms. The fraction of sp³-hybridized carbons (Fsp3) is 1.00. The van der Waals surface area contributed by atoms with Crippen molar-refractivity contribution < 1.29 is 13.2 Å². The lowest BCUT2D eigenvalue weighted by Gasteiger charge is -2.38. The van der Waals surface area contributed by atoms with E-state index in [1.807, 2.05) is 7.05 Å². The van der Waals surface area contributed by atoms with Crippen molar-refractivity contribution in [2.75, 3.05) is 27.2 Å². The van der Waals surface area contributed by atoms with Crippen molar-refractivity contribution in [1.29, 1.82) is 0 Å². The van der Waals surface area contributed by atoms with E-state index in [9.17, 15) is 13.2 Å². The summed E-state index contributed by atoms with van der Waals surface area (Å²) in [6.07, 6.45) is 2.23. The summed E-state index contributed by atoms with van der Waals surface area (Å²) in [7, 11) is 3.75. The fourth-order valence-corrected chi connectivity index (χ4v) is 2.69. The highest BCUT2D eigenvalue weighted by Gasteiger charge is 2.31. The zero-order chi connectivity index (χ0) is 13.6. The molecule has 0 amide bonds. The average Bonchev–Trinajstić information content (AvgIpc) is 2.34. The Morgan fingerprint density at radius 2 is 1.72 bits per heavy atom. The summed E-state index contributed by atoms with van der Waals surface area (Å²) in [4.78, 5) is 1.79. The smallest absolute Gasteiger partial charge is 0.314 e. The molecule has 0 spiro atoms. The first-order valence-electron chi connectivity index (χ1n) is 6.81. The SMILES string of the molecule is CNC1(CCN(C)CCC(F)(F)F)CCCCC1. The number of rotatable bonds is 6. The minimum atomic E-state index is -4.04. The van der Waals surface area contributed by atoms with E-state index in [0.29, 0.717) is 0 Å². The first-order chi connectivity index (χ1) is 8.37. The number of nitrogens with one attached hydrogen (secondary N) is 1. The van der Waals surface area contributed by atoms with Crippen molar-refractivity contribution >= 4 is 0 Å². The van der Waals surface area contributed by atoms with Crippen LogP contribution >= 0.6 is 0 Å². The van der Waals surface area contributed by atoms with Crippen LogP contribution in [0.3, 0.4) is 0 Å². The maximum Gasteiger partial charge on any atom is 0.390 e. The van der Waals surface area contributed by atoms with E-state index in [-0.39, 0.29) is 12.1 Å². The normalized spacial score (nSPS) is 20.3. The quantitative estimate of drug-likeness (QED) is 0.794. The van der Waals surface area contributed by atoms with Crippen molar-refractivity contribution in [3.63, 3.8) is 0 Å². The van der Waals surface area contributed by atoms with Gasteiger partial charge >= 0.3 is 6.18 Å². The lowest BCUT2D eigenvalue weighted by Crippen LogP contribution is -2.46. The van der Waals surface area contributed by atoms with E-state index in [4.69, 9.17) is 0 Å². The Labute approximate surface area is 108 Å². The number of nitrogens with zero attached hydrogens (tertiary/aromatic N) is 1. The molecule has 1 saturated carbocycles. The molecule has 0 heterocycles. The predicted molar refractivity (Wildman–Crippen MR) is 67.7 cm³/mol. The highest BCUT2D eigenvalue weighted by atomic mass is 19.4. The Hall–Kier alpha value is -0.290. The average molecular weight is 266 g/mol. The zero-order valence-electron chi connectivity index (χ0n) is 11.4. The fourth-order valence-electron chi connectivity index (χ4n) is 2.69. The molecule has 0 saturated heterocycles. The highest BCUT2D eigenvalue weighted by Crippen LogP contribution is 2.30. The third-order valence-corrected chi connectivity index (χ3v) is 4.09. The molecule has 1 aliphatic rings. The maximum absolute atomic E-state index is 12.1. The van der Waals surface area contributed by atoms with Gasteiger partial charge in [-0.3, -0.25) is 0 Å². The van der Waals surface area contributed by atoms with Crippen LogP contribution in [0.25, 0.3) is 0 Å². The van der Waals surface area contributed by atoms with Gasteiger partial charge in [-0.1, -0.05) is 19.3 Å². The Kier molecular flexibility index (Phi) is 5.92. The molecule has 108 valence electrons. The first-order valence-corrected chi connectivity index (χ1v) is 6.81. The van der Waals surface area contributed by atoms with Crippen molar-refractivity contribution in [2.45, 2.75) is 56.7 Å². The summed E-state index contributed by atoms with van der Waals surface area (Å²) >= 11 is 0. The molecule has 0 radical (unpaired) electrons. The van der Waals surface area contributed by atoms with E-state index in [2.05, 4.69) is 5.32 Å². The van der Waals surface area contributed by atoms with Gasteiger partial charge in [0, 0.05) is 12.1 Å². The molecule has 1 fully saturated rings. The number of alkyl halides is 3. The van der Waals surface area contributed by atoms with Crippen LogP contribution in [0, 0.1) is 0 Å². The molecule has 0 aliphatic heterocycles. The van der Waals surface area contributed by atoms with Crippen LogP contribution < -0.4 is 5.32 Å². The summed E-state index contributed by atoms with van der Waals surface area (Å²) in [5.41, 5.74) is 0.157. The van der Waals surface area contributed by atoms with Crippen LogP contribution in [0.4, 0.5) is 13.2 Å². The van der Waals surface area contributed by atoms with Gasteiger partial charge in [0.2, 0.25) is 0 Å². The van der Waals surface area contributed by atoms with E-state index in [1.165, 1.54) is 19.3 Å². The molecule has 1 rings (SSSR count). The molecule has 5 heteroatoms. The second kappa shape index (κ2) is 6.75. The summed E-state index contributed by atoms with van der Waals surface area (Å²) in [5, 5.41) is 3.40. The molecular weight excluding hydrogens is 241 g/mol. The van der Waals surface area contributed by atoms with Crippen LogP contribution in [-0.4, -0.2) is 43.8 Å². The second-order valence-electron chi connectivity index (χ2n) is 5.51. The van der Waals surface area contributed by atoms with Crippen LogP contribution in [0.5, 0.6) is 0 Å². The number of hydrogen-bond acceptors (Lipinski definition) is 2. The Morgan fingerprint density at radius 3 is 2.22 bits per heavy atom. The minimum absolute atomic E-state index is 0.100. The highest BCUT2D eigenvalue weighted by molar-refractivity contribution is 4.90. The van der Waals surface area contributed by atoms with E-state index < -0.39 is 12.6 Å². The van der Waals surface area contributed by atoms with Crippen LogP contribution in [0.1, 0.15) is 44.9 Å². The molecule has 0 aromatic carbocycles. The molecule has 0 unspecified atom stereocenters. The Morgan fingerprint density at radius 1 is 1.11 bits per heavy atom. The van der Waals surface area contributed by atoms with E-state index in [1.54, 1.807) is 11.9 Å². The van der Waals surface area contributed by atoms with Gasteiger partial charge in [0.05, 0.1) is 6.42 Å². The largest absolute Gasteiger partial charge is 0.390 e. The van der Waals surface area contributed by atoms with Crippen molar-refractivity contribution in [2.24, 2.45) is 0 Å². The molecule has 0 atom stereocenters.